The van der Waals surface area contributed by atoms with Crippen LogP contribution in [0.1, 0.15) is 76.0 Å². The van der Waals surface area contributed by atoms with Crippen molar-refractivity contribution in [1.29, 1.82) is 0 Å². The predicted molar refractivity (Wildman–Crippen MR) is 94.2 cm³/mol. The Morgan fingerprint density at radius 3 is 2.45 bits per heavy atom. The molecule has 0 aliphatic heterocycles. The molecule has 22 heavy (non-hydrogen) atoms. The molecule has 0 unspecified atom stereocenters. The summed E-state index contributed by atoms with van der Waals surface area (Å²) in [6.07, 6.45) is 8.77. The predicted octanol–water partition coefficient (Wildman–Crippen LogP) is 4.72. The molecule has 0 amide bonds. The Morgan fingerprint density at radius 1 is 1.14 bits per heavy atom. The minimum absolute atomic E-state index is 0.0957. The normalized spacial score (nSPS) is 25.4. The third kappa shape index (κ3) is 3.91. The van der Waals surface area contributed by atoms with E-state index >= 15 is 0 Å². The summed E-state index contributed by atoms with van der Waals surface area (Å²) >= 11 is 0. The van der Waals surface area contributed by atoms with Crippen molar-refractivity contribution in [2.45, 2.75) is 83.8 Å². The van der Waals surface area contributed by atoms with Crippen LogP contribution in [0.3, 0.4) is 0 Å². The second kappa shape index (κ2) is 8.12. The molecule has 2 rings (SSSR count). The molecule has 0 atom stereocenters. The minimum atomic E-state index is -0.0957. The first-order valence-corrected chi connectivity index (χ1v) is 9.17. The van der Waals surface area contributed by atoms with Gasteiger partial charge < -0.3 is 10.5 Å². The number of hydrogen-bond donors (Lipinski definition) is 1. The first-order chi connectivity index (χ1) is 10.6. The van der Waals surface area contributed by atoms with E-state index in [0.29, 0.717) is 6.04 Å². The average molecular weight is 303 g/mol. The maximum Gasteiger partial charge on any atom is 0.0935 e. The van der Waals surface area contributed by atoms with Crippen molar-refractivity contribution >= 4 is 0 Å². The Hall–Kier alpha value is -0.860. The lowest BCUT2D eigenvalue weighted by Crippen LogP contribution is -2.40. The van der Waals surface area contributed by atoms with Crippen molar-refractivity contribution < 1.29 is 4.74 Å². The van der Waals surface area contributed by atoms with Gasteiger partial charge in [0, 0.05) is 12.6 Å². The number of rotatable bonds is 7. The topological polar surface area (TPSA) is 35.2 Å². The van der Waals surface area contributed by atoms with Gasteiger partial charge in [0.15, 0.2) is 0 Å². The van der Waals surface area contributed by atoms with Crippen molar-refractivity contribution in [1.82, 2.24) is 0 Å². The van der Waals surface area contributed by atoms with Gasteiger partial charge in [0.25, 0.3) is 0 Å². The summed E-state index contributed by atoms with van der Waals surface area (Å²) < 4.78 is 6.53. The molecular weight excluding hydrogens is 270 g/mol. The summed E-state index contributed by atoms with van der Waals surface area (Å²) in [7, 11) is 0. The van der Waals surface area contributed by atoms with Crippen LogP contribution < -0.4 is 5.73 Å². The van der Waals surface area contributed by atoms with E-state index in [1.807, 2.05) is 0 Å². The smallest absolute Gasteiger partial charge is 0.0935 e. The van der Waals surface area contributed by atoms with Gasteiger partial charge in [-0.3, -0.25) is 0 Å². The van der Waals surface area contributed by atoms with E-state index in [9.17, 15) is 0 Å². The van der Waals surface area contributed by atoms with E-state index < -0.39 is 0 Å². The van der Waals surface area contributed by atoms with Crippen LogP contribution in [0.4, 0.5) is 0 Å². The second-order valence-electron chi connectivity index (χ2n) is 6.73. The van der Waals surface area contributed by atoms with Crippen molar-refractivity contribution in [3.8, 4) is 0 Å². The zero-order chi connectivity index (χ0) is 16.0. The highest BCUT2D eigenvalue weighted by molar-refractivity contribution is 5.37. The van der Waals surface area contributed by atoms with Gasteiger partial charge in [0.05, 0.1) is 5.60 Å². The van der Waals surface area contributed by atoms with Gasteiger partial charge in [-0.15, -0.1) is 0 Å². The van der Waals surface area contributed by atoms with Crippen LogP contribution in [0.15, 0.2) is 18.2 Å². The number of ether oxygens (including phenoxy) is 1. The van der Waals surface area contributed by atoms with Crippen LogP contribution in [-0.4, -0.2) is 12.6 Å². The van der Waals surface area contributed by atoms with E-state index in [0.717, 1.165) is 51.6 Å². The molecule has 1 saturated carbocycles. The van der Waals surface area contributed by atoms with Gasteiger partial charge in [-0.05, 0) is 61.6 Å². The van der Waals surface area contributed by atoms with Gasteiger partial charge in [0.1, 0.15) is 0 Å². The van der Waals surface area contributed by atoms with Crippen LogP contribution in [-0.2, 0) is 23.2 Å². The van der Waals surface area contributed by atoms with Crippen molar-refractivity contribution in [3.63, 3.8) is 0 Å². The molecule has 1 aromatic carbocycles. The zero-order valence-corrected chi connectivity index (χ0v) is 14.7. The van der Waals surface area contributed by atoms with Crippen molar-refractivity contribution in [2.24, 2.45) is 5.73 Å². The molecular formula is C20H33NO. The number of unbranched alkanes of at least 4 members (excludes halogenated alkanes) is 1. The van der Waals surface area contributed by atoms with E-state index in [-0.39, 0.29) is 5.60 Å². The Bertz CT molecular complexity index is 461. The maximum absolute atomic E-state index is 6.53. The van der Waals surface area contributed by atoms with Crippen LogP contribution in [0.2, 0.25) is 0 Å². The lowest BCUT2D eigenvalue weighted by molar-refractivity contribution is -0.0800. The number of hydrogen-bond acceptors (Lipinski definition) is 2. The Balaban J connectivity index is 2.35. The number of benzene rings is 1. The lowest BCUT2D eigenvalue weighted by Gasteiger charge is -2.41. The fraction of sp³-hybridized carbons (Fsp3) is 0.700. The van der Waals surface area contributed by atoms with Crippen molar-refractivity contribution in [3.05, 3.63) is 34.9 Å². The summed E-state index contributed by atoms with van der Waals surface area (Å²) in [4.78, 5) is 0. The number of nitrogens with two attached hydrogens (primary N) is 1. The van der Waals surface area contributed by atoms with E-state index in [2.05, 4.69) is 39.0 Å². The van der Waals surface area contributed by atoms with E-state index in [4.69, 9.17) is 10.5 Å². The van der Waals surface area contributed by atoms with Gasteiger partial charge in [-0.25, -0.2) is 0 Å². The average Bonchev–Trinajstić information content (AvgIpc) is 2.56. The highest BCUT2D eigenvalue weighted by Crippen LogP contribution is 2.42. The molecule has 1 aliphatic carbocycles. The highest BCUT2D eigenvalue weighted by atomic mass is 16.5. The fourth-order valence-corrected chi connectivity index (χ4v) is 3.59. The van der Waals surface area contributed by atoms with Crippen LogP contribution >= 0.6 is 0 Å². The second-order valence-corrected chi connectivity index (χ2v) is 6.73. The highest BCUT2D eigenvalue weighted by Gasteiger charge is 2.38. The van der Waals surface area contributed by atoms with Gasteiger partial charge in [-0.2, -0.15) is 0 Å². The molecule has 0 heterocycles. The molecule has 2 nitrogen and oxygen atoms in total. The first kappa shape index (κ1) is 17.5. The maximum atomic E-state index is 6.53. The van der Waals surface area contributed by atoms with Gasteiger partial charge in [-0.1, -0.05) is 45.4 Å². The Labute approximate surface area is 136 Å². The summed E-state index contributed by atoms with van der Waals surface area (Å²) in [5.41, 5.74) is 10.4. The van der Waals surface area contributed by atoms with Gasteiger partial charge >= 0.3 is 0 Å². The molecule has 1 fully saturated rings. The standard InChI is InChI=1S/C20H33NO/c1-4-7-14-22-20(12-10-18(21)11-13-20)19-15-16(5-2)8-9-17(19)6-3/h8-9,15,18H,4-7,10-14,21H2,1-3H3. The molecule has 2 heteroatoms. The monoisotopic (exact) mass is 303 g/mol. The fourth-order valence-electron chi connectivity index (χ4n) is 3.59. The summed E-state index contributed by atoms with van der Waals surface area (Å²) in [5.74, 6) is 0. The third-order valence-corrected chi connectivity index (χ3v) is 5.17. The van der Waals surface area contributed by atoms with Crippen molar-refractivity contribution in [2.75, 3.05) is 6.61 Å². The summed E-state index contributed by atoms with van der Waals surface area (Å²) in [6, 6.07) is 7.34. The SMILES string of the molecule is CCCCOC1(c2cc(CC)ccc2CC)CCC(N)CC1. The third-order valence-electron chi connectivity index (χ3n) is 5.17. The quantitative estimate of drug-likeness (QED) is 0.739. The van der Waals surface area contributed by atoms with Gasteiger partial charge in [0.2, 0.25) is 0 Å². The van der Waals surface area contributed by atoms with Crippen LogP contribution in [0.25, 0.3) is 0 Å². The van der Waals surface area contributed by atoms with E-state index in [1.54, 1.807) is 0 Å². The molecule has 0 radical (unpaired) electrons. The Morgan fingerprint density at radius 2 is 1.86 bits per heavy atom. The molecule has 0 bridgehead atoms. The number of aryl methyl sites for hydroxylation is 2. The molecule has 0 spiro atoms. The zero-order valence-electron chi connectivity index (χ0n) is 14.7. The minimum Gasteiger partial charge on any atom is -0.370 e. The Kier molecular flexibility index (Phi) is 6.46. The molecule has 1 aliphatic rings. The van der Waals surface area contributed by atoms with Crippen LogP contribution in [0, 0.1) is 0 Å². The van der Waals surface area contributed by atoms with Crippen LogP contribution in [0.5, 0.6) is 0 Å². The molecule has 1 aromatic rings. The lowest BCUT2D eigenvalue weighted by atomic mass is 9.75. The molecule has 124 valence electrons. The summed E-state index contributed by atoms with van der Waals surface area (Å²) in [5, 5.41) is 0. The summed E-state index contributed by atoms with van der Waals surface area (Å²) in [6.45, 7) is 7.57. The molecule has 0 aromatic heterocycles. The largest absolute Gasteiger partial charge is 0.370 e. The molecule has 0 saturated heterocycles. The van der Waals surface area contributed by atoms with E-state index in [1.165, 1.54) is 23.1 Å². The first-order valence-electron chi connectivity index (χ1n) is 9.17. The molecule has 2 N–H and O–H groups in total.